The molecule has 1 aromatic heterocycles. The number of aromatic hydroxyl groups is 1. The number of hydrogen-bond donors (Lipinski definition) is 1. The Balaban J connectivity index is 1.32. The number of fused-ring (bicyclic) bond motifs is 1. The van der Waals surface area contributed by atoms with Crippen molar-refractivity contribution in [2.75, 3.05) is 26.2 Å². The van der Waals surface area contributed by atoms with Crippen molar-refractivity contribution in [1.82, 2.24) is 4.90 Å². The van der Waals surface area contributed by atoms with Crippen LogP contribution in [-0.2, 0) is 0 Å². The number of likely N-dealkylation sites (tertiary alicyclic amines) is 1. The van der Waals surface area contributed by atoms with E-state index in [9.17, 15) is 9.90 Å². The standard InChI is InChI=1S/C30H30ClNO4S/c1-19-12-14-32(18-19)13-3-15-35-23-7-9-24(10-8-23)36-29-25-11-6-22(33)17-27(25)37-30(29)28(34)26-16-21(31)5-4-20(26)2/h4-11,16-17,19,33H,3,12-15,18H2,1-2H3/t19-/m1/s1. The molecule has 1 saturated heterocycles. The van der Waals surface area contributed by atoms with Gasteiger partial charge in [-0.05, 0) is 92.4 Å². The van der Waals surface area contributed by atoms with Crippen LogP contribution in [0.3, 0.4) is 0 Å². The Hall–Kier alpha value is -3.06. The lowest BCUT2D eigenvalue weighted by Gasteiger charge is -2.15. The summed E-state index contributed by atoms with van der Waals surface area (Å²) in [7, 11) is 0. The van der Waals surface area contributed by atoms with Gasteiger partial charge in [0.15, 0.2) is 5.75 Å². The molecule has 1 fully saturated rings. The summed E-state index contributed by atoms with van der Waals surface area (Å²) >= 11 is 7.48. The molecule has 1 N–H and O–H groups in total. The lowest BCUT2D eigenvalue weighted by molar-refractivity contribution is 0.104. The summed E-state index contributed by atoms with van der Waals surface area (Å²) in [6.07, 6.45) is 2.28. The Kier molecular flexibility index (Phi) is 7.70. The van der Waals surface area contributed by atoms with Crippen LogP contribution in [0.5, 0.6) is 23.0 Å². The van der Waals surface area contributed by atoms with E-state index in [1.807, 2.05) is 37.3 Å². The molecule has 37 heavy (non-hydrogen) atoms. The predicted molar refractivity (Wildman–Crippen MR) is 150 cm³/mol. The van der Waals surface area contributed by atoms with Crippen molar-refractivity contribution in [2.45, 2.75) is 26.7 Å². The third kappa shape index (κ3) is 5.93. The van der Waals surface area contributed by atoms with Crippen LogP contribution in [0.2, 0.25) is 5.02 Å². The fraction of sp³-hybridized carbons (Fsp3) is 0.300. The van der Waals surface area contributed by atoms with Crippen LogP contribution in [0.15, 0.2) is 60.7 Å². The molecule has 0 bridgehead atoms. The van der Waals surface area contributed by atoms with Gasteiger partial charge in [-0.2, -0.15) is 0 Å². The minimum atomic E-state index is -0.164. The monoisotopic (exact) mass is 535 g/mol. The van der Waals surface area contributed by atoms with Crippen LogP contribution >= 0.6 is 22.9 Å². The highest BCUT2D eigenvalue weighted by Gasteiger charge is 2.24. The molecule has 0 unspecified atom stereocenters. The molecule has 0 saturated carbocycles. The number of halogens is 1. The Morgan fingerprint density at radius 2 is 1.89 bits per heavy atom. The molecule has 0 spiro atoms. The van der Waals surface area contributed by atoms with Crippen LogP contribution in [0.25, 0.3) is 10.1 Å². The quantitative estimate of drug-likeness (QED) is 0.176. The summed E-state index contributed by atoms with van der Waals surface area (Å²) < 4.78 is 13.0. The Labute approximate surface area is 226 Å². The molecule has 5 rings (SSSR count). The van der Waals surface area contributed by atoms with Gasteiger partial charge in [-0.3, -0.25) is 4.79 Å². The number of thiophene rings is 1. The minimum Gasteiger partial charge on any atom is -0.508 e. The summed E-state index contributed by atoms with van der Waals surface area (Å²) in [6.45, 7) is 8.29. The third-order valence-corrected chi connectivity index (χ3v) is 8.09. The molecule has 2 heterocycles. The maximum absolute atomic E-state index is 13.6. The van der Waals surface area contributed by atoms with Crippen molar-refractivity contribution in [3.05, 3.63) is 81.7 Å². The van der Waals surface area contributed by atoms with E-state index < -0.39 is 0 Å². The number of hydrogen-bond acceptors (Lipinski definition) is 6. The van der Waals surface area contributed by atoms with Gasteiger partial charge in [-0.1, -0.05) is 24.6 Å². The number of aryl methyl sites for hydroxylation is 1. The smallest absolute Gasteiger partial charge is 0.207 e. The zero-order valence-corrected chi connectivity index (χ0v) is 22.6. The molecule has 1 aliphatic rings. The van der Waals surface area contributed by atoms with Crippen LogP contribution in [-0.4, -0.2) is 42.0 Å². The number of rotatable bonds is 9. The molecule has 0 radical (unpaired) electrons. The Bertz CT molecular complexity index is 1420. The fourth-order valence-corrected chi connectivity index (χ4v) is 5.99. The minimum absolute atomic E-state index is 0.138. The normalized spacial score (nSPS) is 15.8. The van der Waals surface area contributed by atoms with Gasteiger partial charge >= 0.3 is 0 Å². The Morgan fingerprint density at radius 1 is 1.11 bits per heavy atom. The topological polar surface area (TPSA) is 59.0 Å². The van der Waals surface area contributed by atoms with E-state index in [4.69, 9.17) is 21.1 Å². The van der Waals surface area contributed by atoms with Gasteiger partial charge in [0, 0.05) is 33.8 Å². The number of benzene rings is 3. The van der Waals surface area contributed by atoms with Gasteiger partial charge in [-0.15, -0.1) is 11.3 Å². The number of nitrogens with zero attached hydrogens (tertiary/aromatic N) is 1. The molecule has 0 aliphatic carbocycles. The maximum Gasteiger partial charge on any atom is 0.207 e. The summed E-state index contributed by atoms with van der Waals surface area (Å²) in [4.78, 5) is 16.5. The molecule has 3 aromatic carbocycles. The van der Waals surface area contributed by atoms with Gasteiger partial charge in [0.2, 0.25) is 5.78 Å². The van der Waals surface area contributed by atoms with Gasteiger partial charge in [0.25, 0.3) is 0 Å². The molecule has 4 aromatic rings. The van der Waals surface area contributed by atoms with Crippen LogP contribution in [0.1, 0.15) is 40.6 Å². The van der Waals surface area contributed by atoms with Gasteiger partial charge in [-0.25, -0.2) is 0 Å². The summed E-state index contributed by atoms with van der Waals surface area (Å²) in [5.74, 6) is 2.63. The zero-order chi connectivity index (χ0) is 25.9. The first-order chi connectivity index (χ1) is 17.9. The van der Waals surface area contributed by atoms with E-state index in [1.165, 1.54) is 30.8 Å². The average molecular weight is 536 g/mol. The third-order valence-electron chi connectivity index (χ3n) is 6.72. The van der Waals surface area contributed by atoms with Gasteiger partial charge in [0.05, 0.1) is 6.61 Å². The number of carbonyl (C=O) groups excluding carboxylic acids is 1. The average Bonchev–Trinajstić information content (AvgIpc) is 3.46. The fourth-order valence-electron chi connectivity index (χ4n) is 4.70. The van der Waals surface area contributed by atoms with Crippen molar-refractivity contribution in [2.24, 2.45) is 5.92 Å². The van der Waals surface area contributed by atoms with Crippen molar-refractivity contribution < 1.29 is 19.4 Å². The second kappa shape index (κ2) is 11.1. The number of ketones is 1. The van der Waals surface area contributed by atoms with Crippen molar-refractivity contribution in [1.29, 1.82) is 0 Å². The second-order valence-corrected chi connectivity index (χ2v) is 11.2. The SMILES string of the molecule is Cc1ccc(Cl)cc1C(=O)c1sc2cc(O)ccc2c1Oc1ccc(OCCCN2CC[C@@H](C)C2)cc1. The van der Waals surface area contributed by atoms with E-state index in [2.05, 4.69) is 11.8 Å². The predicted octanol–water partition coefficient (Wildman–Crippen LogP) is 7.70. The molecule has 0 amide bonds. The van der Waals surface area contributed by atoms with Crippen LogP contribution in [0, 0.1) is 12.8 Å². The highest BCUT2D eigenvalue weighted by molar-refractivity contribution is 7.21. The first kappa shape index (κ1) is 25.6. The number of phenolic OH excluding ortho intramolecular Hbond substituents is 1. The van der Waals surface area contributed by atoms with Gasteiger partial charge < -0.3 is 19.5 Å². The highest BCUT2D eigenvalue weighted by atomic mass is 35.5. The van der Waals surface area contributed by atoms with E-state index in [0.29, 0.717) is 33.6 Å². The zero-order valence-electron chi connectivity index (χ0n) is 21.0. The van der Waals surface area contributed by atoms with Gasteiger partial charge in [0.1, 0.15) is 22.1 Å². The van der Waals surface area contributed by atoms with E-state index in [0.717, 1.165) is 40.3 Å². The largest absolute Gasteiger partial charge is 0.508 e. The van der Waals surface area contributed by atoms with Crippen molar-refractivity contribution in [3.8, 4) is 23.0 Å². The van der Waals surface area contributed by atoms with E-state index >= 15 is 0 Å². The lowest BCUT2D eigenvalue weighted by atomic mass is 10.0. The molecule has 1 atom stereocenters. The second-order valence-electron chi connectivity index (χ2n) is 9.70. The molecule has 1 aliphatic heterocycles. The first-order valence-corrected chi connectivity index (χ1v) is 13.8. The Morgan fingerprint density at radius 3 is 2.65 bits per heavy atom. The maximum atomic E-state index is 13.6. The van der Waals surface area contributed by atoms with Crippen LogP contribution in [0.4, 0.5) is 0 Å². The number of ether oxygens (including phenoxy) is 2. The molecule has 192 valence electrons. The lowest BCUT2D eigenvalue weighted by Crippen LogP contribution is -2.22. The highest BCUT2D eigenvalue weighted by Crippen LogP contribution is 2.43. The molecular formula is C30H30ClNO4S. The van der Waals surface area contributed by atoms with Crippen molar-refractivity contribution >= 4 is 38.8 Å². The van der Waals surface area contributed by atoms with Crippen LogP contribution < -0.4 is 9.47 Å². The molecule has 7 heteroatoms. The van der Waals surface area contributed by atoms with E-state index in [1.54, 1.807) is 30.3 Å². The number of carbonyl (C=O) groups is 1. The number of phenols is 1. The summed E-state index contributed by atoms with van der Waals surface area (Å²) in [5.41, 5.74) is 1.36. The van der Waals surface area contributed by atoms with Crippen molar-refractivity contribution in [3.63, 3.8) is 0 Å². The summed E-state index contributed by atoms with van der Waals surface area (Å²) in [6, 6.07) is 17.8. The molecular weight excluding hydrogens is 506 g/mol. The molecule has 5 nitrogen and oxygen atoms in total. The van der Waals surface area contributed by atoms with E-state index in [-0.39, 0.29) is 11.5 Å². The first-order valence-electron chi connectivity index (χ1n) is 12.6. The summed E-state index contributed by atoms with van der Waals surface area (Å²) in [5, 5.41) is 11.3.